The predicted molar refractivity (Wildman–Crippen MR) is 139 cm³/mol. The van der Waals surface area contributed by atoms with Crippen LogP contribution in [0.4, 0.5) is 11.4 Å². The molecule has 0 unspecified atom stereocenters. The number of piperidine rings is 1. The largest absolute Gasteiger partial charge is 0.393 e. The van der Waals surface area contributed by atoms with Gasteiger partial charge in [0.15, 0.2) is 0 Å². The average molecular weight is 494 g/mol. The standard InChI is InChI=1S/C26H28ClN5O3/c1-15-11-18(32-9-6-19(33)7-10-32)13-21-24(15)31-25(30-21)23-20(5-8-28-26(23)35)29-14-22(34)16-3-2-4-17(27)12-16/h2-5,8,11-13,19,22,33-34H,6-7,9-10,14H2,1H3,(H,30,31)(H2,28,29,35)/t22-/m1/s1. The van der Waals surface area contributed by atoms with Gasteiger partial charge in [0.25, 0.3) is 5.56 Å². The lowest BCUT2D eigenvalue weighted by Gasteiger charge is -2.31. The third kappa shape index (κ3) is 4.91. The summed E-state index contributed by atoms with van der Waals surface area (Å²) in [5.41, 5.74) is 5.07. The van der Waals surface area contributed by atoms with Crippen LogP contribution in [0.1, 0.15) is 30.1 Å². The van der Waals surface area contributed by atoms with Crippen molar-refractivity contribution >= 4 is 34.0 Å². The van der Waals surface area contributed by atoms with Crippen molar-refractivity contribution in [2.24, 2.45) is 0 Å². The molecule has 1 saturated heterocycles. The first-order chi connectivity index (χ1) is 16.9. The van der Waals surface area contributed by atoms with Gasteiger partial charge in [-0.3, -0.25) is 4.79 Å². The van der Waals surface area contributed by atoms with E-state index in [1.54, 1.807) is 36.5 Å². The molecule has 1 fully saturated rings. The van der Waals surface area contributed by atoms with E-state index in [-0.39, 0.29) is 18.2 Å². The second-order valence-corrected chi connectivity index (χ2v) is 9.45. The first kappa shape index (κ1) is 23.4. The molecule has 1 aliphatic rings. The number of H-pyrrole nitrogens is 2. The van der Waals surface area contributed by atoms with E-state index in [9.17, 15) is 15.0 Å². The number of hydrogen-bond donors (Lipinski definition) is 5. The maximum Gasteiger partial charge on any atom is 0.261 e. The van der Waals surface area contributed by atoms with Gasteiger partial charge in [-0.15, -0.1) is 0 Å². The zero-order chi connectivity index (χ0) is 24.5. The molecule has 182 valence electrons. The maximum absolute atomic E-state index is 12.8. The van der Waals surface area contributed by atoms with Crippen molar-refractivity contribution < 1.29 is 10.2 Å². The minimum Gasteiger partial charge on any atom is -0.393 e. The van der Waals surface area contributed by atoms with Gasteiger partial charge in [0, 0.05) is 36.5 Å². The third-order valence-electron chi connectivity index (χ3n) is 6.51. The minimum absolute atomic E-state index is 0.195. The highest BCUT2D eigenvalue weighted by molar-refractivity contribution is 6.30. The number of pyridine rings is 1. The van der Waals surface area contributed by atoms with Gasteiger partial charge in [-0.2, -0.15) is 0 Å². The Balaban J connectivity index is 1.44. The van der Waals surface area contributed by atoms with E-state index in [1.165, 1.54) is 0 Å². The monoisotopic (exact) mass is 493 g/mol. The fraction of sp³-hybridized carbons (Fsp3) is 0.308. The number of aromatic nitrogens is 3. The van der Waals surface area contributed by atoms with E-state index < -0.39 is 6.10 Å². The Bertz CT molecular complexity index is 1410. The molecule has 8 nitrogen and oxygen atoms in total. The first-order valence-electron chi connectivity index (χ1n) is 11.7. The quantitative estimate of drug-likeness (QED) is 0.277. The van der Waals surface area contributed by atoms with E-state index in [0.717, 1.165) is 48.2 Å². The van der Waals surface area contributed by atoms with Crippen LogP contribution in [-0.4, -0.2) is 50.9 Å². The van der Waals surface area contributed by atoms with Crippen LogP contribution in [0.2, 0.25) is 5.02 Å². The molecule has 35 heavy (non-hydrogen) atoms. The van der Waals surface area contributed by atoms with Crippen molar-refractivity contribution in [2.75, 3.05) is 29.9 Å². The van der Waals surface area contributed by atoms with Crippen LogP contribution < -0.4 is 15.8 Å². The zero-order valence-corrected chi connectivity index (χ0v) is 20.1. The second-order valence-electron chi connectivity index (χ2n) is 9.01. The van der Waals surface area contributed by atoms with Crippen LogP contribution >= 0.6 is 11.6 Å². The number of nitrogens with zero attached hydrogens (tertiary/aromatic N) is 2. The molecule has 2 aromatic heterocycles. The van der Waals surface area contributed by atoms with E-state index in [4.69, 9.17) is 16.6 Å². The average Bonchev–Trinajstić information content (AvgIpc) is 3.27. The number of aryl methyl sites for hydroxylation is 1. The van der Waals surface area contributed by atoms with Crippen LogP contribution in [0.25, 0.3) is 22.4 Å². The molecule has 1 atom stereocenters. The molecule has 0 amide bonds. The number of aromatic amines is 2. The summed E-state index contributed by atoms with van der Waals surface area (Å²) < 4.78 is 0. The number of nitrogens with one attached hydrogen (secondary N) is 3. The Hall–Kier alpha value is -3.33. The fourth-order valence-corrected chi connectivity index (χ4v) is 4.79. The molecule has 4 aromatic rings. The number of imidazole rings is 1. The van der Waals surface area contributed by atoms with E-state index >= 15 is 0 Å². The summed E-state index contributed by atoms with van der Waals surface area (Å²) in [6.45, 7) is 3.80. The molecule has 0 spiro atoms. The Morgan fingerprint density at radius 1 is 1.23 bits per heavy atom. The number of benzene rings is 2. The summed E-state index contributed by atoms with van der Waals surface area (Å²) in [6, 6.07) is 13.0. The van der Waals surface area contributed by atoms with Crippen molar-refractivity contribution in [1.29, 1.82) is 0 Å². The van der Waals surface area contributed by atoms with Crippen LogP contribution in [0, 0.1) is 6.92 Å². The highest BCUT2D eigenvalue weighted by atomic mass is 35.5. The van der Waals surface area contributed by atoms with E-state index in [1.807, 2.05) is 13.0 Å². The molecule has 0 aliphatic carbocycles. The normalized spacial score (nSPS) is 15.5. The van der Waals surface area contributed by atoms with Gasteiger partial charge in [0.05, 0.1) is 28.9 Å². The van der Waals surface area contributed by atoms with Gasteiger partial charge in [0.1, 0.15) is 11.4 Å². The van der Waals surface area contributed by atoms with Gasteiger partial charge in [-0.05, 0) is 61.2 Å². The van der Waals surface area contributed by atoms with Crippen molar-refractivity contribution in [3.8, 4) is 11.4 Å². The third-order valence-corrected chi connectivity index (χ3v) is 6.74. The summed E-state index contributed by atoms with van der Waals surface area (Å²) in [5.74, 6) is 0.455. The van der Waals surface area contributed by atoms with Gasteiger partial charge < -0.3 is 30.4 Å². The summed E-state index contributed by atoms with van der Waals surface area (Å²) >= 11 is 6.05. The van der Waals surface area contributed by atoms with Crippen molar-refractivity contribution in [3.63, 3.8) is 0 Å². The molecule has 5 N–H and O–H groups in total. The lowest BCUT2D eigenvalue weighted by atomic mass is 10.1. The predicted octanol–water partition coefficient (Wildman–Crippen LogP) is 3.99. The van der Waals surface area contributed by atoms with Crippen LogP contribution in [0.15, 0.2) is 53.5 Å². The Morgan fingerprint density at radius 3 is 2.80 bits per heavy atom. The molecule has 9 heteroatoms. The molecule has 0 radical (unpaired) electrons. The maximum atomic E-state index is 12.8. The fourth-order valence-electron chi connectivity index (χ4n) is 4.60. The lowest BCUT2D eigenvalue weighted by molar-refractivity contribution is 0.145. The molecule has 1 aliphatic heterocycles. The molecular weight excluding hydrogens is 466 g/mol. The van der Waals surface area contributed by atoms with Crippen LogP contribution in [0.5, 0.6) is 0 Å². The number of aliphatic hydroxyl groups is 2. The SMILES string of the molecule is Cc1cc(N2CCC(O)CC2)cc2[nH]c(-c3c(NC[C@@H](O)c4cccc(Cl)c4)cc[nH]c3=O)nc12. The number of rotatable bonds is 6. The molecule has 5 rings (SSSR count). The zero-order valence-electron chi connectivity index (χ0n) is 19.4. The summed E-state index contributed by atoms with van der Waals surface area (Å²) in [4.78, 5) is 25.9. The van der Waals surface area contributed by atoms with E-state index in [0.29, 0.717) is 27.7 Å². The number of fused-ring (bicyclic) bond motifs is 1. The first-order valence-corrected chi connectivity index (χ1v) is 12.1. The topological polar surface area (TPSA) is 117 Å². The van der Waals surface area contributed by atoms with Crippen LogP contribution in [0.3, 0.4) is 0 Å². The highest BCUT2D eigenvalue weighted by Gasteiger charge is 2.20. The number of halogens is 1. The van der Waals surface area contributed by atoms with Crippen LogP contribution in [-0.2, 0) is 0 Å². The molecule has 0 saturated carbocycles. The van der Waals surface area contributed by atoms with Gasteiger partial charge in [0.2, 0.25) is 0 Å². The summed E-state index contributed by atoms with van der Waals surface area (Å²) in [7, 11) is 0. The highest BCUT2D eigenvalue weighted by Crippen LogP contribution is 2.30. The lowest BCUT2D eigenvalue weighted by Crippen LogP contribution is -2.35. The Morgan fingerprint density at radius 2 is 2.03 bits per heavy atom. The van der Waals surface area contributed by atoms with Gasteiger partial charge in [-0.25, -0.2) is 4.98 Å². The summed E-state index contributed by atoms with van der Waals surface area (Å²) in [6.07, 6.45) is 2.03. The smallest absolute Gasteiger partial charge is 0.261 e. The van der Waals surface area contributed by atoms with Crippen molar-refractivity contribution in [1.82, 2.24) is 15.0 Å². The molecule has 0 bridgehead atoms. The summed E-state index contributed by atoms with van der Waals surface area (Å²) in [5, 5.41) is 24.2. The molecular formula is C26H28ClN5O3. The molecule has 3 heterocycles. The Kier molecular flexibility index (Phi) is 6.51. The number of hydrogen-bond acceptors (Lipinski definition) is 6. The number of anilines is 2. The van der Waals surface area contributed by atoms with Gasteiger partial charge in [-0.1, -0.05) is 23.7 Å². The number of aliphatic hydroxyl groups excluding tert-OH is 2. The minimum atomic E-state index is -0.802. The van der Waals surface area contributed by atoms with Crippen molar-refractivity contribution in [3.05, 3.63) is 75.2 Å². The Labute approximate surface area is 207 Å². The van der Waals surface area contributed by atoms with Gasteiger partial charge >= 0.3 is 0 Å². The molecule has 2 aromatic carbocycles. The second kappa shape index (κ2) is 9.73. The van der Waals surface area contributed by atoms with E-state index in [2.05, 4.69) is 26.3 Å². The van der Waals surface area contributed by atoms with Crippen molar-refractivity contribution in [2.45, 2.75) is 32.0 Å².